The van der Waals surface area contributed by atoms with Gasteiger partial charge in [-0.05, 0) is 77.4 Å². The predicted molar refractivity (Wildman–Crippen MR) is 130 cm³/mol. The van der Waals surface area contributed by atoms with Gasteiger partial charge in [-0.15, -0.1) is 0 Å². The van der Waals surface area contributed by atoms with Crippen LogP contribution in [-0.2, 0) is 12.8 Å². The van der Waals surface area contributed by atoms with Crippen molar-refractivity contribution in [3.63, 3.8) is 0 Å². The van der Waals surface area contributed by atoms with E-state index in [9.17, 15) is 10.2 Å². The summed E-state index contributed by atoms with van der Waals surface area (Å²) in [6.45, 7) is 2.99. The van der Waals surface area contributed by atoms with Gasteiger partial charge in [0.25, 0.3) is 0 Å². The molecule has 5 rings (SSSR count). The Morgan fingerprint density at radius 3 is 2.06 bits per heavy atom. The molecule has 0 bridgehead atoms. The lowest BCUT2D eigenvalue weighted by atomic mass is 9.89. The molecular formula is C29H27NO2. The maximum atomic E-state index is 9.95. The number of aryl methyl sites for hydroxylation is 1. The first kappa shape index (κ1) is 20.3. The van der Waals surface area contributed by atoms with Crippen LogP contribution in [0.4, 0.5) is 0 Å². The molecular weight excluding hydrogens is 394 g/mol. The van der Waals surface area contributed by atoms with Crippen LogP contribution in [0.25, 0.3) is 22.3 Å². The summed E-state index contributed by atoms with van der Waals surface area (Å²) in [5.74, 6) is -0.0934. The number of phenols is 2. The standard InChI is InChI=1S/C29H27NO2/c1-19-3-2-4-24(15-19)23-11-9-22(10-12-23)21-7-5-20(6-8-21)16-27-26-18-29(32)28(31)17-25(26)13-14-30-27/h2-12,15,17-18,27,30-32H,13-14,16H2,1H3. The fourth-order valence-corrected chi connectivity index (χ4v) is 4.60. The van der Waals surface area contributed by atoms with E-state index in [0.29, 0.717) is 0 Å². The van der Waals surface area contributed by atoms with Gasteiger partial charge in [-0.25, -0.2) is 0 Å². The quantitative estimate of drug-likeness (QED) is 0.345. The van der Waals surface area contributed by atoms with Crippen LogP contribution < -0.4 is 5.32 Å². The second kappa shape index (κ2) is 8.52. The van der Waals surface area contributed by atoms with Gasteiger partial charge in [0, 0.05) is 6.04 Å². The van der Waals surface area contributed by atoms with Gasteiger partial charge in [0.2, 0.25) is 0 Å². The Labute approximate surface area is 189 Å². The van der Waals surface area contributed by atoms with Crippen LogP contribution in [-0.4, -0.2) is 16.8 Å². The number of nitrogens with one attached hydrogen (secondary N) is 1. The summed E-state index contributed by atoms with van der Waals surface area (Å²) < 4.78 is 0. The second-order valence-corrected chi connectivity index (χ2v) is 8.64. The number of hydrogen-bond acceptors (Lipinski definition) is 3. The lowest BCUT2D eigenvalue weighted by Gasteiger charge is -2.27. The minimum atomic E-state index is -0.0538. The Morgan fingerprint density at radius 2 is 1.38 bits per heavy atom. The molecule has 0 radical (unpaired) electrons. The summed E-state index contributed by atoms with van der Waals surface area (Å²) in [5.41, 5.74) is 9.56. The van der Waals surface area contributed by atoms with Crippen LogP contribution in [0, 0.1) is 6.92 Å². The van der Waals surface area contributed by atoms with Crippen molar-refractivity contribution in [1.82, 2.24) is 5.32 Å². The third kappa shape index (κ3) is 4.12. The molecule has 1 aliphatic rings. The first-order chi connectivity index (χ1) is 15.6. The molecule has 0 fully saturated rings. The second-order valence-electron chi connectivity index (χ2n) is 8.64. The SMILES string of the molecule is Cc1cccc(-c2ccc(-c3ccc(CC4NCCc5cc(O)c(O)cc54)cc3)cc2)c1. The lowest BCUT2D eigenvalue weighted by Crippen LogP contribution is -2.31. The van der Waals surface area contributed by atoms with Crippen molar-refractivity contribution in [1.29, 1.82) is 0 Å². The number of rotatable bonds is 4. The van der Waals surface area contributed by atoms with Gasteiger partial charge in [0.15, 0.2) is 11.5 Å². The lowest BCUT2D eigenvalue weighted by molar-refractivity contribution is 0.398. The largest absolute Gasteiger partial charge is 0.504 e. The van der Waals surface area contributed by atoms with Crippen molar-refractivity contribution in [2.45, 2.75) is 25.8 Å². The summed E-state index contributed by atoms with van der Waals surface area (Å²) >= 11 is 0. The first-order valence-corrected chi connectivity index (χ1v) is 11.1. The Morgan fingerprint density at radius 1 is 0.750 bits per heavy atom. The van der Waals surface area contributed by atoms with Crippen LogP contribution >= 0.6 is 0 Å². The van der Waals surface area contributed by atoms with Crippen molar-refractivity contribution in [2.75, 3.05) is 6.54 Å². The fraction of sp³-hybridized carbons (Fsp3) is 0.172. The summed E-state index contributed by atoms with van der Waals surface area (Å²) in [4.78, 5) is 0. The zero-order valence-electron chi connectivity index (χ0n) is 18.2. The zero-order valence-corrected chi connectivity index (χ0v) is 18.2. The molecule has 0 aliphatic carbocycles. The highest BCUT2D eigenvalue weighted by atomic mass is 16.3. The highest BCUT2D eigenvalue weighted by Gasteiger charge is 2.22. The van der Waals surface area contributed by atoms with E-state index in [1.54, 1.807) is 12.1 Å². The Bertz CT molecular complexity index is 1240. The molecule has 1 aliphatic heterocycles. The normalized spacial score (nSPS) is 15.3. The first-order valence-electron chi connectivity index (χ1n) is 11.1. The van der Waals surface area contributed by atoms with Crippen LogP contribution in [0.15, 0.2) is 84.9 Å². The third-order valence-corrected chi connectivity index (χ3v) is 6.36. The number of fused-ring (bicyclic) bond motifs is 1. The predicted octanol–water partition coefficient (Wildman–Crippen LogP) is 6.17. The van der Waals surface area contributed by atoms with Crippen molar-refractivity contribution >= 4 is 0 Å². The van der Waals surface area contributed by atoms with Crippen molar-refractivity contribution in [3.05, 3.63) is 107 Å². The van der Waals surface area contributed by atoms with Gasteiger partial charge >= 0.3 is 0 Å². The fourth-order valence-electron chi connectivity index (χ4n) is 4.60. The number of benzene rings is 4. The van der Waals surface area contributed by atoms with E-state index >= 15 is 0 Å². The van der Waals surface area contributed by atoms with Gasteiger partial charge < -0.3 is 15.5 Å². The topological polar surface area (TPSA) is 52.5 Å². The molecule has 1 atom stereocenters. The summed E-state index contributed by atoms with van der Waals surface area (Å²) in [6.07, 6.45) is 1.70. The van der Waals surface area contributed by atoms with E-state index in [-0.39, 0.29) is 17.5 Å². The molecule has 160 valence electrons. The third-order valence-electron chi connectivity index (χ3n) is 6.36. The van der Waals surface area contributed by atoms with E-state index in [4.69, 9.17) is 0 Å². The van der Waals surface area contributed by atoms with Gasteiger partial charge in [-0.1, -0.05) is 78.4 Å². The molecule has 4 aromatic carbocycles. The Balaban J connectivity index is 1.33. The average molecular weight is 422 g/mol. The highest BCUT2D eigenvalue weighted by Crippen LogP contribution is 2.35. The number of aromatic hydroxyl groups is 2. The molecule has 0 aromatic heterocycles. The zero-order chi connectivity index (χ0) is 22.1. The molecule has 32 heavy (non-hydrogen) atoms. The van der Waals surface area contributed by atoms with E-state index in [2.05, 4.69) is 85.0 Å². The van der Waals surface area contributed by atoms with Gasteiger partial charge in [-0.2, -0.15) is 0 Å². The number of hydrogen-bond donors (Lipinski definition) is 3. The summed E-state index contributed by atoms with van der Waals surface area (Å²) in [7, 11) is 0. The molecule has 0 saturated carbocycles. The Hall–Kier alpha value is -3.56. The maximum Gasteiger partial charge on any atom is 0.157 e. The van der Waals surface area contributed by atoms with Crippen molar-refractivity contribution < 1.29 is 10.2 Å². The highest BCUT2D eigenvalue weighted by molar-refractivity contribution is 5.70. The van der Waals surface area contributed by atoms with Crippen LogP contribution in [0.1, 0.15) is 28.3 Å². The van der Waals surface area contributed by atoms with E-state index in [0.717, 1.165) is 30.5 Å². The summed E-state index contributed by atoms with van der Waals surface area (Å²) in [6, 6.07) is 29.5. The molecule has 0 amide bonds. The molecule has 3 heteroatoms. The molecule has 0 saturated heterocycles. The smallest absolute Gasteiger partial charge is 0.157 e. The average Bonchev–Trinajstić information content (AvgIpc) is 2.81. The van der Waals surface area contributed by atoms with Crippen LogP contribution in [0.2, 0.25) is 0 Å². The van der Waals surface area contributed by atoms with Crippen LogP contribution in [0.5, 0.6) is 11.5 Å². The monoisotopic (exact) mass is 421 g/mol. The molecule has 0 spiro atoms. The Kier molecular flexibility index (Phi) is 5.42. The minimum Gasteiger partial charge on any atom is -0.504 e. The van der Waals surface area contributed by atoms with Crippen molar-refractivity contribution in [2.24, 2.45) is 0 Å². The summed E-state index contributed by atoms with van der Waals surface area (Å²) in [5, 5.41) is 23.3. The molecule has 4 aromatic rings. The molecule has 1 unspecified atom stereocenters. The van der Waals surface area contributed by atoms with E-state index < -0.39 is 0 Å². The maximum absolute atomic E-state index is 9.95. The van der Waals surface area contributed by atoms with Gasteiger partial charge in [-0.3, -0.25) is 0 Å². The molecule has 1 heterocycles. The van der Waals surface area contributed by atoms with E-state index in [1.807, 2.05) is 0 Å². The van der Waals surface area contributed by atoms with Crippen molar-refractivity contribution in [3.8, 4) is 33.8 Å². The molecule has 3 nitrogen and oxygen atoms in total. The van der Waals surface area contributed by atoms with E-state index in [1.165, 1.54) is 33.4 Å². The van der Waals surface area contributed by atoms with Gasteiger partial charge in [0.05, 0.1) is 0 Å². The molecule has 3 N–H and O–H groups in total. The number of phenolic OH excluding ortho intramolecular Hbond substituents is 2. The minimum absolute atomic E-state index is 0.0397. The van der Waals surface area contributed by atoms with Crippen LogP contribution in [0.3, 0.4) is 0 Å². The van der Waals surface area contributed by atoms with Gasteiger partial charge in [0.1, 0.15) is 0 Å².